The van der Waals surface area contributed by atoms with Gasteiger partial charge in [0.15, 0.2) is 0 Å². The molecule has 116 heavy (non-hydrogen) atoms. The Morgan fingerprint density at radius 2 is 0.414 bits per heavy atom. The van der Waals surface area contributed by atoms with E-state index < -0.39 is 5.41 Å². The van der Waals surface area contributed by atoms with Crippen LogP contribution in [0.5, 0.6) is 34.5 Å². The first-order valence-electron chi connectivity index (χ1n) is 41.3. The molecule has 0 saturated carbocycles. The number of hydrogen-bond acceptors (Lipinski definition) is 6. The highest BCUT2D eigenvalue weighted by Crippen LogP contribution is 2.84. The first kappa shape index (κ1) is 53.3. The maximum Gasteiger partial charge on any atom is 0.139 e. The molecule has 35 aromatic rings. The van der Waals surface area contributed by atoms with Crippen molar-refractivity contribution in [3.63, 3.8) is 0 Å². The van der Waals surface area contributed by atoms with Gasteiger partial charge in [-0.15, -0.1) is 0 Å². The van der Waals surface area contributed by atoms with Crippen molar-refractivity contribution in [2.75, 3.05) is 0 Å². The second-order valence-corrected chi connectivity index (χ2v) is 36.2. The van der Waals surface area contributed by atoms with Crippen LogP contribution in [-0.4, -0.2) is 0 Å². The van der Waals surface area contributed by atoms with E-state index >= 15 is 0 Å². The summed E-state index contributed by atoms with van der Waals surface area (Å²) < 4.78 is 41.9. The fourth-order valence-electron chi connectivity index (χ4n) is 29.5. The van der Waals surface area contributed by atoms with E-state index in [-0.39, 0.29) is 19.1 Å². The zero-order chi connectivity index (χ0) is 72.5. The molecule has 0 aromatic heterocycles. The fourth-order valence-corrected chi connectivity index (χ4v) is 29.5. The lowest BCUT2D eigenvalue weighted by Gasteiger charge is -2.40. The molecule has 0 amide bonds. The Bertz CT molecular complexity index is 10100. The van der Waals surface area contributed by atoms with Gasteiger partial charge in [-0.3, -0.25) is 0 Å². The van der Waals surface area contributed by atoms with Crippen molar-refractivity contribution in [3.05, 3.63) is 237 Å². The summed E-state index contributed by atoms with van der Waals surface area (Å²) in [5, 5.41) is 84.5. The van der Waals surface area contributed by atoms with Crippen molar-refractivity contribution in [2.45, 2.75) is 51.0 Å². The molecule has 0 bridgehead atoms. The molecule has 0 aliphatic heterocycles. The van der Waals surface area contributed by atoms with Crippen LogP contribution >= 0.6 is 0 Å². The zero-order valence-corrected chi connectivity index (χ0v) is 61.0. The molecule has 6 heteroatoms. The molecule has 6 nitrogen and oxygen atoms in total. The Balaban J connectivity index is 0.643. The minimum absolute atomic E-state index is 0.0982. The predicted molar refractivity (Wildman–Crippen MR) is 473 cm³/mol. The summed E-state index contributed by atoms with van der Waals surface area (Å²) in [7, 11) is 0. The Hall–Kier alpha value is -14.6. The summed E-state index contributed by atoms with van der Waals surface area (Å²) in [6.45, 7) is 2.01. The van der Waals surface area contributed by atoms with Crippen molar-refractivity contribution < 1.29 is 28.4 Å². The van der Waals surface area contributed by atoms with Crippen LogP contribution in [0.1, 0.15) is 67.1 Å². The van der Waals surface area contributed by atoms with E-state index in [9.17, 15) is 0 Å². The van der Waals surface area contributed by atoms with Crippen LogP contribution < -0.4 is 28.4 Å². The third-order valence-electron chi connectivity index (χ3n) is 32.2. The molecule has 0 saturated heterocycles. The third-order valence-corrected chi connectivity index (χ3v) is 32.2. The highest BCUT2D eigenvalue weighted by Gasteiger charge is 2.63. The minimum atomic E-state index is -0.847. The van der Waals surface area contributed by atoms with Gasteiger partial charge in [-0.25, -0.2) is 0 Å². The van der Waals surface area contributed by atoms with Crippen molar-refractivity contribution in [1.82, 2.24) is 0 Å². The average Bonchev–Trinajstić information content (AvgIpc) is 1.39. The molecule has 518 valence electrons. The molecule has 35 aromatic carbocycles. The molecular weight excluding hydrogens is 1420 g/mol. The summed E-state index contributed by atoms with van der Waals surface area (Å²) in [6.07, 6.45) is 0. The molecule has 0 radical (unpaired) electrons. The second-order valence-electron chi connectivity index (χ2n) is 36.2. The first-order valence-corrected chi connectivity index (χ1v) is 41.3. The van der Waals surface area contributed by atoms with E-state index in [0.717, 1.165) is 38.9 Å². The van der Waals surface area contributed by atoms with Gasteiger partial charge >= 0.3 is 0 Å². The van der Waals surface area contributed by atoms with Crippen molar-refractivity contribution in [3.8, 4) is 46.3 Å². The lowest BCUT2D eigenvalue weighted by Crippen LogP contribution is -2.34. The van der Waals surface area contributed by atoms with Crippen molar-refractivity contribution in [1.29, 1.82) is 0 Å². The normalized spacial score (nSPS) is 16.7. The summed E-state index contributed by atoms with van der Waals surface area (Å²) in [5.74, 6) is 13.1. The van der Waals surface area contributed by atoms with Gasteiger partial charge in [-0.1, -0.05) is 139 Å². The molecule has 0 fully saturated rings. The summed E-state index contributed by atoms with van der Waals surface area (Å²) in [6, 6.07) is 60.3. The van der Waals surface area contributed by atoms with E-state index in [1.807, 2.05) is 36.4 Å². The average molecular weight is 1460 g/mol. The number of ether oxygens (including phenoxy) is 6. The first-order chi connectivity index (χ1) is 57.7. The number of hydrogen-bond donors (Lipinski definition) is 0. The molecule has 0 spiro atoms. The van der Waals surface area contributed by atoms with E-state index in [1.54, 1.807) is 254 Å². The summed E-state index contributed by atoms with van der Waals surface area (Å²) in [4.78, 5) is 0. The van der Waals surface area contributed by atoms with Crippen molar-refractivity contribution in [2.24, 2.45) is 0 Å². The van der Waals surface area contributed by atoms with Crippen molar-refractivity contribution >= 4 is 291 Å². The van der Waals surface area contributed by atoms with Gasteiger partial charge in [0.1, 0.15) is 79.7 Å². The monoisotopic (exact) mass is 1460 g/mol. The molecule has 0 N–H and O–H groups in total. The number of benzene rings is 24. The maximum absolute atomic E-state index is 7.53. The Labute approximate surface area is 649 Å². The van der Waals surface area contributed by atoms with Crippen LogP contribution in [0, 0.1) is 11.8 Å². The second kappa shape index (κ2) is 15.8. The molecule has 2 atom stereocenters. The summed E-state index contributed by atoms with van der Waals surface area (Å²) in [5.41, 5.74) is 12.1. The summed E-state index contributed by atoms with van der Waals surface area (Å²) >= 11 is 0. The Kier molecular flexibility index (Phi) is 7.27. The van der Waals surface area contributed by atoms with Crippen LogP contribution in [0.2, 0.25) is 0 Å². The Morgan fingerprint density at radius 1 is 0.198 bits per heavy atom. The smallest absolute Gasteiger partial charge is 0.139 e. The molecular formula is C110H42O6. The van der Waals surface area contributed by atoms with E-state index in [4.69, 9.17) is 34.3 Å². The lowest BCUT2D eigenvalue weighted by atomic mass is 9.59. The quantitative estimate of drug-likeness (QED) is 0.0630. The SMILES string of the molecule is C(#CC12c3c4c5c6c7c8c(c9c%10c1c1c%11c3c3c%12c4c4c6c6c7c7c%13c8c9c8c9c%10c1c1c%10c%11c3c3c%11c%12c4c4c6c6c7c7c%13c8c8c9c1c1c%10c3c3c%11c4c6c4c7c8c1c34)C52)c1c(OCc2cc(OCc3ccccc3)cc(OCc3ccccc3)c2)cccc1OCc1cc(OCc2ccccc2)cc(OCc2ccccc2)c1. The van der Waals surface area contributed by atoms with Gasteiger partial charge in [0.25, 0.3) is 0 Å². The third kappa shape index (κ3) is 4.60. The molecule has 39 rings (SSSR count). The van der Waals surface area contributed by atoms with E-state index in [0.29, 0.717) is 60.9 Å². The topological polar surface area (TPSA) is 55.4 Å². The van der Waals surface area contributed by atoms with Gasteiger partial charge in [-0.2, -0.15) is 0 Å². The Morgan fingerprint density at radius 3 is 0.716 bits per heavy atom. The predicted octanol–water partition coefficient (Wildman–Crippen LogP) is 27.7. The van der Waals surface area contributed by atoms with Gasteiger partial charge in [-0.05, 0) is 383 Å². The lowest BCUT2D eigenvalue weighted by molar-refractivity contribution is 0.275. The van der Waals surface area contributed by atoms with Crippen LogP contribution in [0.15, 0.2) is 176 Å². The standard InChI is InChI=1S/C110H42O6/c1-5-14-38(15-6-1)32-111-44-26-42(27-45(30-44)112-33-39-16-7-2-8-17-39)36-115-49-22-13-23-50(116-37-43-28-46(113-34-40-18-9-3-10-19-40)31-47(29-43)114-35-41-20-11-4-12-21-41)48(49)24-25-110-107-103-97-83-75-67-55-52-51-53-56(55)68-70-66-60(53)62-58-54(51)57-61-59(52)65-69(67)81(83)89-87-73(65)71(61)79-77-63(57)64(58)78-80-72(62)74(66)88-90-82(70)84(76(68)75)98(97)104(107)100(90)102-94(88)92(80)96-86(78)85(77)95-91(79)93(87)101(99(89)103)108(110)105(95)106(96)109(102)110/h1-23,26-31,108H,32-37H2. The molecule has 4 aliphatic rings. The highest BCUT2D eigenvalue weighted by molar-refractivity contribution is 6.82. The van der Waals surface area contributed by atoms with Gasteiger partial charge in [0.2, 0.25) is 0 Å². The molecule has 4 aliphatic carbocycles. The van der Waals surface area contributed by atoms with E-state index in [1.165, 1.54) is 59.6 Å². The largest absolute Gasteiger partial charge is 0.489 e. The van der Waals surface area contributed by atoms with Crippen LogP contribution in [0.3, 0.4) is 0 Å². The van der Waals surface area contributed by atoms with Crippen LogP contribution in [-0.2, 0) is 45.1 Å². The van der Waals surface area contributed by atoms with Gasteiger partial charge in [0, 0.05) is 18.1 Å². The highest BCUT2D eigenvalue weighted by atomic mass is 16.5. The van der Waals surface area contributed by atoms with Crippen LogP contribution in [0.4, 0.5) is 0 Å². The van der Waals surface area contributed by atoms with Gasteiger partial charge in [0.05, 0.1) is 5.41 Å². The zero-order valence-electron chi connectivity index (χ0n) is 61.0. The maximum atomic E-state index is 7.53. The van der Waals surface area contributed by atoms with Crippen LogP contribution in [0.25, 0.3) is 291 Å². The fraction of sp³-hybridized carbons (Fsp3) is 0.0727. The van der Waals surface area contributed by atoms with Gasteiger partial charge < -0.3 is 28.4 Å². The number of rotatable bonds is 18. The molecule has 2 unspecified atom stereocenters. The van der Waals surface area contributed by atoms with E-state index in [2.05, 4.69) is 145 Å². The minimum Gasteiger partial charge on any atom is -0.489 e. The molecule has 0 heterocycles.